The van der Waals surface area contributed by atoms with Crippen molar-refractivity contribution in [3.63, 3.8) is 0 Å². The van der Waals surface area contributed by atoms with E-state index in [1.807, 2.05) is 55.5 Å². The highest BCUT2D eigenvalue weighted by molar-refractivity contribution is 5.90. The molecule has 116 valence electrons. The van der Waals surface area contributed by atoms with E-state index in [2.05, 4.69) is 10.4 Å². The molecule has 0 aliphatic rings. The van der Waals surface area contributed by atoms with Crippen molar-refractivity contribution in [1.29, 1.82) is 0 Å². The van der Waals surface area contributed by atoms with Crippen molar-refractivity contribution in [2.45, 2.75) is 13.5 Å². The number of ether oxygens (including phenoxy) is 1. The molecule has 3 rings (SSSR count). The summed E-state index contributed by atoms with van der Waals surface area (Å²) >= 11 is 0. The van der Waals surface area contributed by atoms with E-state index in [0.29, 0.717) is 0 Å². The largest absolute Gasteiger partial charge is 0.457 e. The summed E-state index contributed by atoms with van der Waals surface area (Å²) in [6.07, 6.45) is 3.39. The van der Waals surface area contributed by atoms with Crippen molar-refractivity contribution < 1.29 is 9.53 Å². The minimum Gasteiger partial charge on any atom is -0.457 e. The number of anilines is 1. The Morgan fingerprint density at radius 2 is 1.96 bits per heavy atom. The predicted molar refractivity (Wildman–Crippen MR) is 88.6 cm³/mol. The number of carbonyl (C=O) groups is 1. The van der Waals surface area contributed by atoms with Crippen molar-refractivity contribution >= 4 is 11.6 Å². The fourth-order valence-corrected chi connectivity index (χ4v) is 2.16. The normalized spacial score (nSPS) is 10.3. The standard InChI is InChI=1S/C18H17N3O2/c1-14-4-2-5-17(12-14)23-16-8-6-15(7-9-16)20-18(22)13-21-11-3-10-19-21/h2-12H,13H2,1H3,(H,20,22). The first-order chi connectivity index (χ1) is 11.2. The van der Waals surface area contributed by atoms with Crippen LogP contribution in [0, 0.1) is 6.92 Å². The van der Waals surface area contributed by atoms with Crippen LogP contribution < -0.4 is 10.1 Å². The molecule has 0 saturated carbocycles. The number of rotatable bonds is 5. The first-order valence-electron chi connectivity index (χ1n) is 7.31. The lowest BCUT2D eigenvalue weighted by atomic mass is 10.2. The molecule has 0 aliphatic heterocycles. The van der Waals surface area contributed by atoms with E-state index < -0.39 is 0 Å². The molecule has 2 aromatic carbocycles. The maximum Gasteiger partial charge on any atom is 0.246 e. The topological polar surface area (TPSA) is 56.1 Å². The van der Waals surface area contributed by atoms with Crippen LogP contribution in [0.25, 0.3) is 0 Å². The highest BCUT2D eigenvalue weighted by atomic mass is 16.5. The van der Waals surface area contributed by atoms with Crippen molar-refractivity contribution in [1.82, 2.24) is 9.78 Å². The number of amides is 1. The van der Waals surface area contributed by atoms with Gasteiger partial charge in [0.25, 0.3) is 0 Å². The molecule has 5 heteroatoms. The summed E-state index contributed by atoms with van der Waals surface area (Å²) in [7, 11) is 0. The van der Waals surface area contributed by atoms with Crippen LogP contribution >= 0.6 is 0 Å². The quantitative estimate of drug-likeness (QED) is 0.783. The van der Waals surface area contributed by atoms with E-state index in [4.69, 9.17) is 4.74 Å². The summed E-state index contributed by atoms with van der Waals surface area (Å²) in [4.78, 5) is 11.9. The Balaban J connectivity index is 1.59. The van der Waals surface area contributed by atoms with Gasteiger partial charge in [-0.3, -0.25) is 9.48 Å². The minimum absolute atomic E-state index is 0.124. The van der Waals surface area contributed by atoms with E-state index in [1.54, 1.807) is 23.1 Å². The number of nitrogens with one attached hydrogen (secondary N) is 1. The van der Waals surface area contributed by atoms with Gasteiger partial charge in [0.05, 0.1) is 0 Å². The first kappa shape index (κ1) is 14.8. The van der Waals surface area contributed by atoms with Gasteiger partial charge in [0.15, 0.2) is 0 Å². The Morgan fingerprint density at radius 3 is 2.65 bits per heavy atom. The third-order valence-corrected chi connectivity index (χ3v) is 3.23. The SMILES string of the molecule is Cc1cccc(Oc2ccc(NC(=O)Cn3cccn3)cc2)c1. The lowest BCUT2D eigenvalue weighted by Gasteiger charge is -2.08. The zero-order valence-corrected chi connectivity index (χ0v) is 12.8. The monoisotopic (exact) mass is 307 g/mol. The van der Waals surface area contributed by atoms with Crippen LogP contribution in [0.2, 0.25) is 0 Å². The van der Waals surface area contributed by atoms with Gasteiger partial charge in [0.1, 0.15) is 18.0 Å². The Kier molecular flexibility index (Phi) is 4.38. The molecule has 0 aliphatic carbocycles. The molecular weight excluding hydrogens is 290 g/mol. The minimum atomic E-state index is -0.124. The first-order valence-corrected chi connectivity index (χ1v) is 7.31. The van der Waals surface area contributed by atoms with E-state index in [-0.39, 0.29) is 12.5 Å². The van der Waals surface area contributed by atoms with E-state index in [9.17, 15) is 4.79 Å². The molecule has 0 fully saturated rings. The lowest BCUT2D eigenvalue weighted by Crippen LogP contribution is -2.18. The van der Waals surface area contributed by atoms with Crippen molar-refractivity contribution in [2.75, 3.05) is 5.32 Å². The Bertz CT molecular complexity index is 780. The summed E-state index contributed by atoms with van der Waals surface area (Å²) in [6.45, 7) is 2.21. The number of aryl methyl sites for hydroxylation is 1. The Hall–Kier alpha value is -3.08. The van der Waals surface area contributed by atoms with Gasteiger partial charge in [-0.15, -0.1) is 0 Å². The zero-order chi connectivity index (χ0) is 16.1. The molecule has 0 radical (unpaired) electrons. The van der Waals surface area contributed by atoms with Crippen molar-refractivity contribution in [3.05, 3.63) is 72.6 Å². The summed E-state index contributed by atoms with van der Waals surface area (Å²) < 4.78 is 7.35. The highest BCUT2D eigenvalue weighted by Crippen LogP contribution is 2.23. The molecule has 1 heterocycles. The van der Waals surface area contributed by atoms with Crippen LogP contribution in [0.3, 0.4) is 0 Å². The number of benzene rings is 2. The molecule has 23 heavy (non-hydrogen) atoms. The van der Waals surface area contributed by atoms with Crippen molar-refractivity contribution in [2.24, 2.45) is 0 Å². The third-order valence-electron chi connectivity index (χ3n) is 3.23. The molecule has 0 atom stereocenters. The van der Waals surface area contributed by atoms with Gasteiger partial charge in [-0.05, 0) is 55.0 Å². The second kappa shape index (κ2) is 6.79. The number of nitrogens with zero attached hydrogens (tertiary/aromatic N) is 2. The van der Waals surface area contributed by atoms with Gasteiger partial charge in [-0.1, -0.05) is 12.1 Å². The van der Waals surface area contributed by atoms with Crippen LogP contribution in [0.5, 0.6) is 11.5 Å². The summed E-state index contributed by atoms with van der Waals surface area (Å²) in [6, 6.07) is 16.9. The fourth-order valence-electron chi connectivity index (χ4n) is 2.16. The van der Waals surface area contributed by atoms with Crippen LogP contribution in [-0.4, -0.2) is 15.7 Å². The predicted octanol–water partition coefficient (Wildman–Crippen LogP) is 3.62. The lowest BCUT2D eigenvalue weighted by molar-refractivity contribution is -0.116. The molecule has 1 aromatic heterocycles. The zero-order valence-electron chi connectivity index (χ0n) is 12.8. The maximum absolute atomic E-state index is 11.9. The van der Waals surface area contributed by atoms with Crippen LogP contribution in [0.4, 0.5) is 5.69 Å². The fraction of sp³-hybridized carbons (Fsp3) is 0.111. The van der Waals surface area contributed by atoms with Gasteiger partial charge in [0.2, 0.25) is 5.91 Å². The average Bonchev–Trinajstić information content (AvgIpc) is 3.02. The van der Waals surface area contributed by atoms with Gasteiger partial charge >= 0.3 is 0 Å². The number of aromatic nitrogens is 2. The van der Waals surface area contributed by atoms with Crippen molar-refractivity contribution in [3.8, 4) is 11.5 Å². The number of carbonyl (C=O) groups excluding carboxylic acids is 1. The summed E-state index contributed by atoms with van der Waals surface area (Å²) in [5, 5.41) is 6.83. The summed E-state index contributed by atoms with van der Waals surface area (Å²) in [5.74, 6) is 1.39. The van der Waals surface area contributed by atoms with E-state index in [1.165, 1.54) is 0 Å². The highest BCUT2D eigenvalue weighted by Gasteiger charge is 2.04. The molecule has 1 N–H and O–H groups in total. The second-order valence-corrected chi connectivity index (χ2v) is 5.19. The number of hydrogen-bond donors (Lipinski definition) is 1. The van der Waals surface area contributed by atoms with Crippen LogP contribution in [0.1, 0.15) is 5.56 Å². The molecule has 0 unspecified atom stereocenters. The van der Waals surface area contributed by atoms with Gasteiger partial charge in [-0.2, -0.15) is 5.10 Å². The molecule has 3 aromatic rings. The Morgan fingerprint density at radius 1 is 1.13 bits per heavy atom. The molecule has 0 spiro atoms. The van der Waals surface area contributed by atoms with E-state index in [0.717, 1.165) is 22.7 Å². The molecule has 5 nitrogen and oxygen atoms in total. The maximum atomic E-state index is 11.9. The summed E-state index contributed by atoms with van der Waals surface area (Å²) in [5.41, 5.74) is 1.86. The van der Waals surface area contributed by atoms with Crippen LogP contribution in [-0.2, 0) is 11.3 Å². The molecule has 0 bridgehead atoms. The van der Waals surface area contributed by atoms with Gasteiger partial charge in [0, 0.05) is 18.1 Å². The molecule has 1 amide bonds. The second-order valence-electron chi connectivity index (χ2n) is 5.19. The van der Waals surface area contributed by atoms with E-state index >= 15 is 0 Å². The Labute approximate surface area is 134 Å². The van der Waals surface area contributed by atoms with Gasteiger partial charge < -0.3 is 10.1 Å². The number of hydrogen-bond acceptors (Lipinski definition) is 3. The third kappa shape index (κ3) is 4.20. The average molecular weight is 307 g/mol. The molecular formula is C18H17N3O2. The smallest absolute Gasteiger partial charge is 0.246 e. The van der Waals surface area contributed by atoms with Gasteiger partial charge in [-0.25, -0.2) is 0 Å². The van der Waals surface area contributed by atoms with Crippen LogP contribution in [0.15, 0.2) is 67.0 Å². The molecule has 0 saturated heterocycles.